The molecule has 188 valence electrons. The second-order valence-corrected chi connectivity index (χ2v) is 11.8. The van der Waals surface area contributed by atoms with E-state index in [4.69, 9.17) is 32.9 Å². The van der Waals surface area contributed by atoms with Crippen molar-refractivity contribution < 1.29 is 13.2 Å². The summed E-state index contributed by atoms with van der Waals surface area (Å²) in [5.74, 6) is 0.894. The number of ether oxygens (including phenoxy) is 1. The van der Waals surface area contributed by atoms with Crippen molar-refractivity contribution in [2.75, 3.05) is 19.3 Å². The number of nitrogens with one attached hydrogen (secondary N) is 1. The third-order valence-corrected chi connectivity index (χ3v) is 8.45. The normalized spacial score (nSPS) is 16.3. The number of piperidine rings is 1. The Balaban J connectivity index is 1.35. The van der Waals surface area contributed by atoms with Crippen LogP contribution in [0.5, 0.6) is 5.75 Å². The van der Waals surface area contributed by atoms with Crippen molar-refractivity contribution in [2.45, 2.75) is 31.8 Å². The molecule has 0 amide bonds. The van der Waals surface area contributed by atoms with Gasteiger partial charge in [-0.15, -0.1) is 0 Å². The Morgan fingerprint density at radius 3 is 2.44 bits per heavy atom. The summed E-state index contributed by atoms with van der Waals surface area (Å²) < 4.78 is 31.2. The number of hydrogen-bond donors (Lipinski definition) is 1. The number of fused-ring (bicyclic) bond motifs is 1. The van der Waals surface area contributed by atoms with Gasteiger partial charge in [0.05, 0.1) is 21.8 Å². The van der Waals surface area contributed by atoms with E-state index in [0.29, 0.717) is 34.4 Å². The van der Waals surface area contributed by atoms with Gasteiger partial charge in [0.2, 0.25) is 10.0 Å². The Hall–Kier alpha value is -2.72. The van der Waals surface area contributed by atoms with Gasteiger partial charge in [-0.3, -0.25) is 15.1 Å². The molecule has 0 aliphatic carbocycles. The topological polar surface area (TPSA) is 101 Å². The number of nitrogens with zero attached hydrogens (tertiary/aromatic N) is 4. The molecule has 1 N–H and O–H groups in total. The van der Waals surface area contributed by atoms with Crippen LogP contribution >= 0.6 is 23.2 Å². The molecule has 0 radical (unpaired) electrons. The molecule has 1 atom stereocenters. The van der Waals surface area contributed by atoms with Gasteiger partial charge in [-0.2, -0.15) is 5.10 Å². The van der Waals surface area contributed by atoms with Gasteiger partial charge < -0.3 is 4.74 Å². The fourth-order valence-electron chi connectivity index (χ4n) is 4.63. The molecule has 3 aromatic heterocycles. The van der Waals surface area contributed by atoms with Crippen molar-refractivity contribution in [2.24, 2.45) is 0 Å². The number of aromatic nitrogens is 4. The van der Waals surface area contributed by atoms with Crippen LogP contribution < -0.4 is 4.74 Å². The van der Waals surface area contributed by atoms with Gasteiger partial charge >= 0.3 is 0 Å². The zero-order chi connectivity index (χ0) is 25.4. The van der Waals surface area contributed by atoms with Crippen LogP contribution in [0.15, 0.2) is 48.9 Å². The van der Waals surface area contributed by atoms with Crippen molar-refractivity contribution in [1.29, 1.82) is 0 Å². The van der Waals surface area contributed by atoms with Crippen LogP contribution in [0.1, 0.15) is 43.0 Å². The summed E-state index contributed by atoms with van der Waals surface area (Å²) in [4.78, 5) is 8.69. The summed E-state index contributed by atoms with van der Waals surface area (Å²) in [5.41, 5.74) is 4.18. The molecule has 1 aliphatic heterocycles. The lowest BCUT2D eigenvalue weighted by Gasteiger charge is -2.29. The maximum atomic E-state index is 11.8. The molecule has 1 aliphatic rings. The predicted octanol–water partition coefficient (Wildman–Crippen LogP) is 5.61. The van der Waals surface area contributed by atoms with Gasteiger partial charge in [-0.25, -0.2) is 12.7 Å². The summed E-state index contributed by atoms with van der Waals surface area (Å²) in [6.07, 6.45) is 7.31. The van der Waals surface area contributed by atoms with Crippen molar-refractivity contribution in [1.82, 2.24) is 24.5 Å². The Morgan fingerprint density at radius 2 is 1.81 bits per heavy atom. The first-order valence-corrected chi connectivity index (χ1v) is 14.2. The maximum Gasteiger partial charge on any atom is 0.211 e. The van der Waals surface area contributed by atoms with E-state index in [2.05, 4.69) is 15.2 Å². The lowest BCUT2D eigenvalue weighted by Crippen LogP contribution is -2.37. The highest BCUT2D eigenvalue weighted by Gasteiger charge is 2.26. The monoisotopic (exact) mass is 545 g/mol. The first-order chi connectivity index (χ1) is 17.2. The number of halogens is 2. The molecule has 5 rings (SSSR count). The summed E-state index contributed by atoms with van der Waals surface area (Å²) in [5, 5.41) is 9.38. The Kier molecular flexibility index (Phi) is 6.91. The average Bonchev–Trinajstić information content (AvgIpc) is 3.27. The summed E-state index contributed by atoms with van der Waals surface area (Å²) in [6, 6.07) is 9.73. The maximum absolute atomic E-state index is 11.8. The van der Waals surface area contributed by atoms with Crippen LogP contribution in [-0.4, -0.2) is 52.2 Å². The standard InChI is InChI=1S/C25H25Cl2N5O3S/c1-15(24-20(26)13-28-14-21(24)27)35-18-4-6-23-19(11-18)25(31-30-23)17-3-5-22(29-12-17)16-7-9-32(10-8-16)36(2,33)34/h3-6,11-16H,7-10H2,1-2H3,(H,30,31). The minimum absolute atomic E-state index is 0.237. The molecule has 0 saturated carbocycles. The zero-order valence-corrected chi connectivity index (χ0v) is 22.1. The second-order valence-electron chi connectivity index (χ2n) is 8.96. The molecule has 4 aromatic rings. The summed E-state index contributed by atoms with van der Waals surface area (Å²) in [7, 11) is -3.15. The highest BCUT2D eigenvalue weighted by Crippen LogP contribution is 2.35. The quantitative estimate of drug-likeness (QED) is 0.338. The second kappa shape index (κ2) is 9.97. The molecular formula is C25H25Cl2N5O3S. The fraction of sp³-hybridized carbons (Fsp3) is 0.320. The van der Waals surface area contributed by atoms with Gasteiger partial charge in [0, 0.05) is 59.8 Å². The van der Waals surface area contributed by atoms with E-state index < -0.39 is 10.0 Å². The van der Waals surface area contributed by atoms with Crippen LogP contribution in [0.4, 0.5) is 0 Å². The van der Waals surface area contributed by atoms with E-state index in [-0.39, 0.29) is 12.0 Å². The third-order valence-electron chi connectivity index (χ3n) is 6.55. The third kappa shape index (κ3) is 5.06. The van der Waals surface area contributed by atoms with E-state index in [1.807, 2.05) is 43.5 Å². The number of hydrogen-bond acceptors (Lipinski definition) is 6. The Labute approximate surface area is 219 Å². The van der Waals surface area contributed by atoms with Crippen molar-refractivity contribution in [3.63, 3.8) is 0 Å². The summed E-state index contributed by atoms with van der Waals surface area (Å²) >= 11 is 12.6. The van der Waals surface area contributed by atoms with Crippen LogP contribution in [0.2, 0.25) is 10.0 Å². The number of pyridine rings is 2. The SMILES string of the molecule is CC(Oc1ccc2[nH]nc(-c3ccc(C4CCN(S(C)(=O)=O)CC4)nc3)c2c1)c1c(Cl)cncc1Cl. The smallest absolute Gasteiger partial charge is 0.211 e. The number of rotatable bonds is 6. The molecule has 1 aromatic carbocycles. The highest BCUT2D eigenvalue weighted by molar-refractivity contribution is 7.88. The van der Waals surface area contributed by atoms with Gasteiger partial charge in [0.25, 0.3) is 0 Å². The number of H-pyrrole nitrogens is 1. The Morgan fingerprint density at radius 1 is 1.08 bits per heavy atom. The molecular weight excluding hydrogens is 521 g/mol. The van der Waals surface area contributed by atoms with Crippen LogP contribution in [0.3, 0.4) is 0 Å². The van der Waals surface area contributed by atoms with Crippen LogP contribution in [-0.2, 0) is 10.0 Å². The first kappa shape index (κ1) is 25.0. The number of aromatic amines is 1. The number of sulfonamides is 1. The fourth-order valence-corrected chi connectivity index (χ4v) is 6.18. The minimum Gasteiger partial charge on any atom is -0.486 e. The molecule has 0 bridgehead atoms. The van der Waals surface area contributed by atoms with Crippen molar-refractivity contribution >= 4 is 44.1 Å². The molecule has 0 spiro atoms. The van der Waals surface area contributed by atoms with Gasteiger partial charge in [-0.05, 0) is 50.1 Å². The highest BCUT2D eigenvalue weighted by atomic mass is 35.5. The predicted molar refractivity (Wildman–Crippen MR) is 141 cm³/mol. The first-order valence-electron chi connectivity index (χ1n) is 11.6. The largest absolute Gasteiger partial charge is 0.486 e. The van der Waals surface area contributed by atoms with E-state index >= 15 is 0 Å². The lowest BCUT2D eigenvalue weighted by atomic mass is 9.93. The number of benzene rings is 1. The zero-order valence-electron chi connectivity index (χ0n) is 19.8. The molecule has 11 heteroatoms. The van der Waals surface area contributed by atoms with Crippen LogP contribution in [0, 0.1) is 0 Å². The van der Waals surface area contributed by atoms with E-state index in [1.165, 1.54) is 10.6 Å². The molecule has 1 unspecified atom stereocenters. The summed E-state index contributed by atoms with van der Waals surface area (Å²) in [6.45, 7) is 2.93. The van der Waals surface area contributed by atoms with Crippen molar-refractivity contribution in [3.8, 4) is 17.0 Å². The molecule has 8 nitrogen and oxygen atoms in total. The molecule has 4 heterocycles. The molecule has 1 saturated heterocycles. The molecule has 36 heavy (non-hydrogen) atoms. The van der Waals surface area contributed by atoms with Gasteiger partial charge in [-0.1, -0.05) is 23.2 Å². The van der Waals surface area contributed by atoms with Crippen molar-refractivity contribution in [3.05, 3.63) is 70.2 Å². The van der Waals surface area contributed by atoms with Crippen LogP contribution in [0.25, 0.3) is 22.2 Å². The van der Waals surface area contributed by atoms with E-state index in [0.717, 1.165) is 40.7 Å². The Bertz CT molecular complexity index is 1480. The molecule has 1 fully saturated rings. The van der Waals surface area contributed by atoms with Gasteiger partial charge in [0.15, 0.2) is 0 Å². The lowest BCUT2D eigenvalue weighted by molar-refractivity contribution is 0.227. The minimum atomic E-state index is -3.15. The van der Waals surface area contributed by atoms with E-state index in [1.54, 1.807) is 12.4 Å². The van der Waals surface area contributed by atoms with Gasteiger partial charge in [0.1, 0.15) is 17.5 Å². The average molecular weight is 546 g/mol. The van der Waals surface area contributed by atoms with E-state index in [9.17, 15) is 8.42 Å².